The fourth-order valence-electron chi connectivity index (χ4n) is 3.32. The summed E-state index contributed by atoms with van der Waals surface area (Å²) in [6.45, 7) is 1.10. The van der Waals surface area contributed by atoms with Crippen molar-refractivity contribution in [2.75, 3.05) is 11.6 Å². The van der Waals surface area contributed by atoms with Gasteiger partial charge in [-0.1, -0.05) is 23.7 Å². The topological polar surface area (TPSA) is 41.8 Å². The summed E-state index contributed by atoms with van der Waals surface area (Å²) in [5, 5.41) is 0.444. The standard InChI is InChI=1S/C19H16ClFN2O2/c20-13-3-8-17-16(9-13)18(24)19(25)23(17)11-22(15-6-7-15)10-12-1-4-14(21)5-2-12/h1-5,8-9,15H,6-7,10-11H2/p+1. The normalized spacial score (nSPS) is 17.8. The van der Waals surface area contributed by atoms with E-state index in [2.05, 4.69) is 0 Å². The predicted octanol–water partition coefficient (Wildman–Crippen LogP) is 2.21. The molecule has 1 fully saturated rings. The molecule has 1 heterocycles. The number of rotatable bonds is 5. The van der Waals surface area contributed by atoms with Crippen LogP contribution in [-0.2, 0) is 11.3 Å². The molecule has 0 bridgehead atoms. The van der Waals surface area contributed by atoms with Gasteiger partial charge < -0.3 is 4.90 Å². The first-order chi connectivity index (χ1) is 12.0. The van der Waals surface area contributed by atoms with Gasteiger partial charge in [-0.25, -0.2) is 4.39 Å². The van der Waals surface area contributed by atoms with Crippen molar-refractivity contribution in [1.82, 2.24) is 0 Å². The lowest BCUT2D eigenvalue weighted by atomic mass is 10.1. The zero-order valence-corrected chi connectivity index (χ0v) is 14.2. The SMILES string of the molecule is O=C1C(=O)N(C[NH+](Cc2ccc(F)cc2)C2CC2)c2ccc(Cl)cc21. The van der Waals surface area contributed by atoms with Crippen molar-refractivity contribution in [2.24, 2.45) is 0 Å². The van der Waals surface area contributed by atoms with Crippen molar-refractivity contribution in [3.63, 3.8) is 0 Å². The Bertz CT molecular complexity index is 849. The molecule has 25 heavy (non-hydrogen) atoms. The quantitative estimate of drug-likeness (QED) is 0.832. The number of Topliss-reactive ketones (excluding diaryl/α,β-unsaturated/α-hetero) is 1. The van der Waals surface area contributed by atoms with Gasteiger partial charge in [-0.3, -0.25) is 14.5 Å². The molecule has 1 amide bonds. The van der Waals surface area contributed by atoms with Crippen LogP contribution in [0.3, 0.4) is 0 Å². The first-order valence-corrected chi connectivity index (χ1v) is 8.65. The number of carbonyl (C=O) groups excluding carboxylic acids is 2. The van der Waals surface area contributed by atoms with Crippen LogP contribution in [0.25, 0.3) is 0 Å². The maximum absolute atomic E-state index is 13.1. The zero-order valence-electron chi connectivity index (χ0n) is 13.5. The summed E-state index contributed by atoms with van der Waals surface area (Å²) in [6.07, 6.45) is 2.19. The highest BCUT2D eigenvalue weighted by molar-refractivity contribution is 6.52. The fraction of sp³-hybridized carbons (Fsp3) is 0.263. The summed E-state index contributed by atoms with van der Waals surface area (Å²) in [5.74, 6) is -1.27. The summed E-state index contributed by atoms with van der Waals surface area (Å²) in [6, 6.07) is 11.9. The summed E-state index contributed by atoms with van der Waals surface area (Å²) in [5.41, 5.74) is 2.00. The monoisotopic (exact) mass is 359 g/mol. The maximum atomic E-state index is 13.1. The minimum Gasteiger partial charge on any atom is -0.311 e. The van der Waals surface area contributed by atoms with Crippen molar-refractivity contribution >= 4 is 29.0 Å². The Morgan fingerprint density at radius 1 is 1.12 bits per heavy atom. The molecule has 1 saturated carbocycles. The maximum Gasteiger partial charge on any atom is 0.303 e. The van der Waals surface area contributed by atoms with Crippen molar-refractivity contribution in [1.29, 1.82) is 0 Å². The molecule has 0 radical (unpaired) electrons. The smallest absolute Gasteiger partial charge is 0.303 e. The number of carbonyl (C=O) groups is 2. The molecule has 0 aromatic heterocycles. The molecule has 2 aromatic rings. The number of nitrogens with one attached hydrogen (secondary N) is 1. The van der Waals surface area contributed by atoms with Crippen LogP contribution in [0.2, 0.25) is 5.02 Å². The number of hydrogen-bond acceptors (Lipinski definition) is 2. The van der Waals surface area contributed by atoms with Gasteiger partial charge in [0, 0.05) is 23.4 Å². The molecule has 4 nitrogen and oxygen atoms in total. The van der Waals surface area contributed by atoms with Gasteiger partial charge in [0.1, 0.15) is 12.4 Å². The van der Waals surface area contributed by atoms with Crippen LogP contribution in [0, 0.1) is 5.82 Å². The lowest BCUT2D eigenvalue weighted by molar-refractivity contribution is -0.923. The highest BCUT2D eigenvalue weighted by Crippen LogP contribution is 2.30. The van der Waals surface area contributed by atoms with E-state index in [4.69, 9.17) is 11.6 Å². The molecule has 1 aliphatic heterocycles. The molecule has 1 N–H and O–H groups in total. The molecule has 2 aromatic carbocycles. The average Bonchev–Trinajstić information content (AvgIpc) is 3.41. The third-order valence-electron chi connectivity index (χ3n) is 4.79. The number of halogens is 2. The van der Waals surface area contributed by atoms with E-state index in [-0.39, 0.29) is 5.82 Å². The largest absolute Gasteiger partial charge is 0.311 e. The van der Waals surface area contributed by atoms with Gasteiger partial charge >= 0.3 is 5.91 Å². The van der Waals surface area contributed by atoms with Gasteiger partial charge in [-0.15, -0.1) is 0 Å². The molecule has 0 spiro atoms. The molecule has 128 valence electrons. The van der Waals surface area contributed by atoms with Crippen LogP contribution < -0.4 is 9.80 Å². The first-order valence-electron chi connectivity index (χ1n) is 8.27. The van der Waals surface area contributed by atoms with E-state index in [9.17, 15) is 14.0 Å². The van der Waals surface area contributed by atoms with Gasteiger partial charge in [0.25, 0.3) is 5.78 Å². The van der Waals surface area contributed by atoms with Gasteiger partial charge in [-0.2, -0.15) is 0 Å². The molecule has 1 atom stereocenters. The number of ketones is 1. The molecule has 1 aliphatic carbocycles. The van der Waals surface area contributed by atoms with Crippen LogP contribution in [0.15, 0.2) is 42.5 Å². The van der Waals surface area contributed by atoms with Crippen LogP contribution in [0.4, 0.5) is 10.1 Å². The Kier molecular flexibility index (Phi) is 4.06. The third kappa shape index (κ3) is 3.17. The lowest BCUT2D eigenvalue weighted by Crippen LogP contribution is -3.13. The highest BCUT2D eigenvalue weighted by atomic mass is 35.5. The van der Waals surface area contributed by atoms with Crippen molar-refractivity contribution < 1.29 is 18.9 Å². The van der Waals surface area contributed by atoms with E-state index in [0.717, 1.165) is 18.4 Å². The number of hydrogen-bond donors (Lipinski definition) is 1. The summed E-state index contributed by atoms with van der Waals surface area (Å²) >= 11 is 5.95. The Hall–Kier alpha value is -2.24. The molecule has 2 aliphatic rings. The van der Waals surface area contributed by atoms with Crippen molar-refractivity contribution in [3.05, 3.63) is 64.4 Å². The predicted molar refractivity (Wildman–Crippen MR) is 92.2 cm³/mol. The van der Waals surface area contributed by atoms with E-state index in [0.29, 0.717) is 35.5 Å². The van der Waals surface area contributed by atoms with Gasteiger partial charge in [0.15, 0.2) is 6.67 Å². The number of anilines is 1. The molecular formula is C19H17ClFN2O2+. The van der Waals surface area contributed by atoms with Crippen molar-refractivity contribution in [2.45, 2.75) is 25.4 Å². The number of quaternary nitrogens is 1. The van der Waals surface area contributed by atoms with Gasteiger partial charge in [-0.05, 0) is 30.3 Å². The first kappa shape index (κ1) is 16.2. The Morgan fingerprint density at radius 3 is 2.52 bits per heavy atom. The fourth-order valence-corrected chi connectivity index (χ4v) is 3.49. The van der Waals surface area contributed by atoms with Crippen LogP contribution in [-0.4, -0.2) is 24.4 Å². The van der Waals surface area contributed by atoms with E-state index < -0.39 is 11.7 Å². The number of amides is 1. The van der Waals surface area contributed by atoms with E-state index in [1.807, 2.05) is 0 Å². The molecule has 0 saturated heterocycles. The Labute approximate surface area is 149 Å². The summed E-state index contributed by atoms with van der Waals surface area (Å²) in [4.78, 5) is 27.4. The molecule has 1 unspecified atom stereocenters. The van der Waals surface area contributed by atoms with E-state index in [1.54, 1.807) is 35.2 Å². The Morgan fingerprint density at radius 2 is 1.84 bits per heavy atom. The Balaban J connectivity index is 1.58. The highest BCUT2D eigenvalue weighted by Gasteiger charge is 2.41. The van der Waals surface area contributed by atoms with Crippen LogP contribution in [0.5, 0.6) is 0 Å². The number of benzene rings is 2. The summed E-state index contributed by atoms with van der Waals surface area (Å²) < 4.78 is 13.1. The summed E-state index contributed by atoms with van der Waals surface area (Å²) in [7, 11) is 0. The van der Waals surface area contributed by atoms with Crippen LogP contribution in [0.1, 0.15) is 28.8 Å². The third-order valence-corrected chi connectivity index (χ3v) is 5.03. The van der Waals surface area contributed by atoms with E-state index in [1.165, 1.54) is 17.0 Å². The second-order valence-corrected chi connectivity index (χ2v) is 7.05. The molecule has 4 rings (SSSR count). The van der Waals surface area contributed by atoms with Gasteiger partial charge in [0.2, 0.25) is 0 Å². The minimum atomic E-state index is -0.505. The molecule has 6 heteroatoms. The number of fused-ring (bicyclic) bond motifs is 1. The average molecular weight is 360 g/mol. The van der Waals surface area contributed by atoms with Crippen LogP contribution >= 0.6 is 11.6 Å². The second-order valence-electron chi connectivity index (χ2n) is 6.62. The van der Waals surface area contributed by atoms with Gasteiger partial charge in [0.05, 0.1) is 17.3 Å². The minimum absolute atomic E-state index is 0.261. The lowest BCUT2D eigenvalue weighted by Gasteiger charge is -2.25. The van der Waals surface area contributed by atoms with E-state index >= 15 is 0 Å². The second kappa shape index (κ2) is 6.24. The van der Waals surface area contributed by atoms with Crippen molar-refractivity contribution in [3.8, 4) is 0 Å². The number of nitrogens with zero attached hydrogens (tertiary/aromatic N) is 1. The zero-order chi connectivity index (χ0) is 17.6. The molecular weight excluding hydrogens is 343 g/mol.